The van der Waals surface area contributed by atoms with Gasteiger partial charge < -0.3 is 15.8 Å². The standard InChI is InChI=1S/C17H23BrN2O3.ClH/c1-23-16-8-2-11(18)10-14(16)15(21)7-9-17(22)20-13-5-3-12(19)4-6-13;/h2,8,10,12-13H,3-7,9,19H2,1H3,(H,20,22);1H. The second kappa shape index (κ2) is 10.0. The normalized spacial score (nSPS) is 20.0. The van der Waals surface area contributed by atoms with Gasteiger partial charge in [-0.2, -0.15) is 0 Å². The minimum Gasteiger partial charge on any atom is -0.496 e. The van der Waals surface area contributed by atoms with Crippen LogP contribution in [0.4, 0.5) is 0 Å². The molecule has 24 heavy (non-hydrogen) atoms. The van der Waals surface area contributed by atoms with E-state index in [1.807, 2.05) is 6.07 Å². The van der Waals surface area contributed by atoms with E-state index >= 15 is 0 Å². The van der Waals surface area contributed by atoms with Crippen LogP contribution in [0.3, 0.4) is 0 Å². The fraction of sp³-hybridized carbons (Fsp3) is 0.529. The van der Waals surface area contributed by atoms with Crippen molar-refractivity contribution in [1.29, 1.82) is 0 Å². The summed E-state index contributed by atoms with van der Waals surface area (Å²) in [5.74, 6) is 0.358. The lowest BCUT2D eigenvalue weighted by atomic mass is 9.91. The molecule has 0 heterocycles. The average molecular weight is 420 g/mol. The van der Waals surface area contributed by atoms with Crippen molar-refractivity contribution < 1.29 is 14.3 Å². The predicted molar refractivity (Wildman–Crippen MR) is 99.9 cm³/mol. The summed E-state index contributed by atoms with van der Waals surface area (Å²) in [6, 6.07) is 5.73. The molecule has 0 radical (unpaired) electrons. The predicted octanol–water partition coefficient (Wildman–Crippen LogP) is 3.23. The van der Waals surface area contributed by atoms with E-state index in [-0.39, 0.29) is 49.0 Å². The molecule has 1 aromatic carbocycles. The van der Waals surface area contributed by atoms with Gasteiger partial charge in [-0.15, -0.1) is 12.4 Å². The molecule has 0 spiro atoms. The molecule has 7 heteroatoms. The van der Waals surface area contributed by atoms with Crippen LogP contribution in [-0.4, -0.2) is 30.9 Å². The first-order valence-corrected chi connectivity index (χ1v) is 8.70. The van der Waals surface area contributed by atoms with Crippen molar-refractivity contribution >= 4 is 40.0 Å². The maximum Gasteiger partial charge on any atom is 0.220 e. The number of hydrogen-bond acceptors (Lipinski definition) is 4. The van der Waals surface area contributed by atoms with Crippen LogP contribution in [0.25, 0.3) is 0 Å². The maximum atomic E-state index is 12.3. The number of methoxy groups -OCH3 is 1. The third-order valence-electron chi connectivity index (χ3n) is 4.18. The summed E-state index contributed by atoms with van der Waals surface area (Å²) in [6.45, 7) is 0. The number of nitrogens with two attached hydrogens (primary N) is 1. The van der Waals surface area contributed by atoms with Gasteiger partial charge in [-0.1, -0.05) is 15.9 Å². The molecule has 0 bridgehead atoms. The summed E-state index contributed by atoms with van der Waals surface area (Å²) >= 11 is 3.35. The number of rotatable bonds is 6. The quantitative estimate of drug-likeness (QED) is 0.694. The van der Waals surface area contributed by atoms with Gasteiger partial charge in [0.15, 0.2) is 5.78 Å². The molecule has 0 unspecified atom stereocenters. The van der Waals surface area contributed by atoms with Crippen molar-refractivity contribution in [3.8, 4) is 5.75 Å². The van der Waals surface area contributed by atoms with E-state index in [1.54, 1.807) is 12.1 Å². The fourth-order valence-electron chi connectivity index (χ4n) is 2.82. The first kappa shape index (κ1) is 20.9. The highest BCUT2D eigenvalue weighted by Gasteiger charge is 2.21. The van der Waals surface area contributed by atoms with E-state index < -0.39 is 0 Å². The van der Waals surface area contributed by atoms with Crippen molar-refractivity contribution in [3.63, 3.8) is 0 Å². The first-order valence-electron chi connectivity index (χ1n) is 7.91. The molecule has 2 rings (SSSR count). The van der Waals surface area contributed by atoms with E-state index in [1.165, 1.54) is 7.11 Å². The molecule has 1 saturated carbocycles. The van der Waals surface area contributed by atoms with Crippen LogP contribution in [0.15, 0.2) is 22.7 Å². The minimum atomic E-state index is -0.0935. The maximum absolute atomic E-state index is 12.3. The Bertz CT molecular complexity index is 575. The Hall–Kier alpha value is -1.11. The molecule has 3 N–H and O–H groups in total. The van der Waals surface area contributed by atoms with Crippen molar-refractivity contribution in [2.24, 2.45) is 5.73 Å². The second-order valence-electron chi connectivity index (χ2n) is 5.95. The van der Waals surface area contributed by atoms with E-state index in [2.05, 4.69) is 21.2 Å². The highest BCUT2D eigenvalue weighted by atomic mass is 79.9. The molecule has 1 fully saturated rings. The highest BCUT2D eigenvalue weighted by Crippen LogP contribution is 2.24. The van der Waals surface area contributed by atoms with Gasteiger partial charge in [0.25, 0.3) is 0 Å². The Morgan fingerprint density at radius 3 is 2.54 bits per heavy atom. The third-order valence-corrected chi connectivity index (χ3v) is 4.67. The fourth-order valence-corrected chi connectivity index (χ4v) is 3.18. The number of amides is 1. The van der Waals surface area contributed by atoms with Crippen molar-refractivity contribution in [3.05, 3.63) is 28.2 Å². The van der Waals surface area contributed by atoms with Crippen LogP contribution in [0.2, 0.25) is 0 Å². The average Bonchev–Trinajstić information content (AvgIpc) is 2.54. The Kier molecular flexibility index (Phi) is 8.73. The monoisotopic (exact) mass is 418 g/mol. The molecule has 0 atom stereocenters. The summed E-state index contributed by atoms with van der Waals surface area (Å²) in [5, 5.41) is 3.00. The number of ether oxygens (including phenoxy) is 1. The molecular weight excluding hydrogens is 396 g/mol. The van der Waals surface area contributed by atoms with E-state index in [9.17, 15) is 9.59 Å². The lowest BCUT2D eigenvalue weighted by molar-refractivity contribution is -0.122. The number of hydrogen-bond donors (Lipinski definition) is 2. The molecular formula is C17H24BrClN2O3. The Morgan fingerprint density at radius 1 is 1.25 bits per heavy atom. The Balaban J connectivity index is 0.00000288. The molecule has 1 aliphatic carbocycles. The highest BCUT2D eigenvalue weighted by molar-refractivity contribution is 9.10. The van der Waals surface area contributed by atoms with Gasteiger partial charge >= 0.3 is 0 Å². The van der Waals surface area contributed by atoms with Crippen LogP contribution in [0.1, 0.15) is 48.9 Å². The molecule has 1 aliphatic rings. The molecule has 1 aromatic rings. The summed E-state index contributed by atoms with van der Waals surface area (Å²) in [6.07, 6.45) is 4.08. The summed E-state index contributed by atoms with van der Waals surface area (Å²) in [7, 11) is 1.53. The molecule has 1 amide bonds. The topological polar surface area (TPSA) is 81.4 Å². The SMILES string of the molecule is COc1ccc(Br)cc1C(=O)CCC(=O)NC1CCC(N)CC1.Cl. The smallest absolute Gasteiger partial charge is 0.220 e. The zero-order chi connectivity index (χ0) is 16.8. The van der Waals surface area contributed by atoms with Crippen molar-refractivity contribution in [2.75, 3.05) is 7.11 Å². The Morgan fingerprint density at radius 2 is 1.92 bits per heavy atom. The van der Waals surface area contributed by atoms with Gasteiger partial charge in [0.1, 0.15) is 5.75 Å². The van der Waals surface area contributed by atoms with E-state index in [0.29, 0.717) is 11.3 Å². The minimum absolute atomic E-state index is 0. The van der Waals surface area contributed by atoms with Crippen LogP contribution in [0.5, 0.6) is 5.75 Å². The summed E-state index contributed by atoms with van der Waals surface area (Å²) in [5.41, 5.74) is 6.36. The first-order chi connectivity index (χ1) is 11.0. The van der Waals surface area contributed by atoms with Crippen molar-refractivity contribution in [2.45, 2.75) is 50.6 Å². The van der Waals surface area contributed by atoms with Gasteiger partial charge in [0.05, 0.1) is 12.7 Å². The number of Topliss-reactive ketones (excluding diaryl/α,β-unsaturated/α-hetero) is 1. The number of ketones is 1. The number of nitrogens with one attached hydrogen (secondary N) is 1. The van der Waals surface area contributed by atoms with Gasteiger partial charge in [0.2, 0.25) is 5.91 Å². The number of carbonyl (C=O) groups is 2. The van der Waals surface area contributed by atoms with Gasteiger partial charge in [-0.05, 0) is 43.9 Å². The Labute approximate surface area is 157 Å². The van der Waals surface area contributed by atoms with E-state index in [4.69, 9.17) is 10.5 Å². The van der Waals surface area contributed by atoms with Crippen LogP contribution < -0.4 is 15.8 Å². The largest absolute Gasteiger partial charge is 0.496 e. The zero-order valence-electron chi connectivity index (χ0n) is 13.7. The molecule has 5 nitrogen and oxygen atoms in total. The van der Waals surface area contributed by atoms with Crippen LogP contribution in [-0.2, 0) is 4.79 Å². The van der Waals surface area contributed by atoms with Gasteiger partial charge in [-0.25, -0.2) is 0 Å². The van der Waals surface area contributed by atoms with Gasteiger partial charge in [0, 0.05) is 29.4 Å². The number of benzene rings is 1. The van der Waals surface area contributed by atoms with Crippen LogP contribution in [0, 0.1) is 0 Å². The zero-order valence-corrected chi connectivity index (χ0v) is 16.1. The van der Waals surface area contributed by atoms with Crippen molar-refractivity contribution in [1.82, 2.24) is 5.32 Å². The van der Waals surface area contributed by atoms with Crippen LogP contribution >= 0.6 is 28.3 Å². The number of halogens is 2. The number of carbonyl (C=O) groups excluding carboxylic acids is 2. The molecule has 0 aliphatic heterocycles. The van der Waals surface area contributed by atoms with Gasteiger partial charge in [-0.3, -0.25) is 9.59 Å². The molecule has 0 saturated heterocycles. The molecule has 0 aromatic heterocycles. The summed E-state index contributed by atoms with van der Waals surface area (Å²) < 4.78 is 6.02. The third kappa shape index (κ3) is 6.07. The molecule has 134 valence electrons. The lowest BCUT2D eigenvalue weighted by Gasteiger charge is -2.26. The summed E-state index contributed by atoms with van der Waals surface area (Å²) in [4.78, 5) is 24.3. The lowest BCUT2D eigenvalue weighted by Crippen LogP contribution is -2.40. The van der Waals surface area contributed by atoms with E-state index in [0.717, 1.165) is 30.2 Å². The second-order valence-corrected chi connectivity index (χ2v) is 6.86.